The van der Waals surface area contributed by atoms with Crippen molar-refractivity contribution in [3.63, 3.8) is 0 Å². The number of carbonyl (C=O) groups is 1. The zero-order valence-electron chi connectivity index (χ0n) is 10.3. The standard InChI is InChI=1S/C14H12N2O3/c1-10-3-2-4-13(9-10)16(15-19)12-7-5-11(6-8-12)14(17)18/h2-9H,1H3,(H,17,18). The summed E-state index contributed by atoms with van der Waals surface area (Å²) in [5.41, 5.74) is 2.33. The van der Waals surface area contributed by atoms with E-state index in [4.69, 9.17) is 5.11 Å². The fourth-order valence-corrected chi connectivity index (χ4v) is 1.75. The predicted octanol–water partition coefficient (Wildman–Crippen LogP) is 3.51. The topological polar surface area (TPSA) is 70.0 Å². The molecule has 0 atom stereocenters. The summed E-state index contributed by atoms with van der Waals surface area (Å²) < 4.78 is 0. The first-order valence-electron chi connectivity index (χ1n) is 5.65. The fourth-order valence-electron chi connectivity index (χ4n) is 1.75. The summed E-state index contributed by atoms with van der Waals surface area (Å²) in [5, 5.41) is 13.0. The minimum absolute atomic E-state index is 0.166. The lowest BCUT2D eigenvalue weighted by Gasteiger charge is -2.15. The number of benzene rings is 2. The molecule has 2 rings (SSSR count). The number of aromatic carboxylic acids is 1. The third-order valence-corrected chi connectivity index (χ3v) is 2.69. The van der Waals surface area contributed by atoms with E-state index in [0.717, 1.165) is 5.56 Å². The van der Waals surface area contributed by atoms with Gasteiger partial charge in [-0.05, 0) is 48.9 Å². The van der Waals surface area contributed by atoms with Crippen LogP contribution in [0.2, 0.25) is 0 Å². The lowest BCUT2D eigenvalue weighted by molar-refractivity contribution is 0.0697. The summed E-state index contributed by atoms with van der Waals surface area (Å²) in [5.74, 6) is -1.01. The van der Waals surface area contributed by atoms with Gasteiger partial charge < -0.3 is 5.11 Å². The maximum atomic E-state index is 11.0. The third-order valence-electron chi connectivity index (χ3n) is 2.69. The molecule has 2 aromatic rings. The quantitative estimate of drug-likeness (QED) is 0.671. The predicted molar refractivity (Wildman–Crippen MR) is 72.5 cm³/mol. The van der Waals surface area contributed by atoms with Crippen molar-refractivity contribution in [1.29, 1.82) is 0 Å². The van der Waals surface area contributed by atoms with Gasteiger partial charge in [0.2, 0.25) is 0 Å². The molecule has 0 heterocycles. The van der Waals surface area contributed by atoms with Crippen LogP contribution >= 0.6 is 0 Å². The van der Waals surface area contributed by atoms with E-state index in [1.54, 1.807) is 18.2 Å². The molecule has 0 aromatic heterocycles. The van der Waals surface area contributed by atoms with Crippen molar-refractivity contribution in [3.05, 3.63) is 64.6 Å². The van der Waals surface area contributed by atoms with Gasteiger partial charge in [-0.25, -0.2) is 4.79 Å². The summed E-state index contributed by atoms with van der Waals surface area (Å²) in [7, 11) is 0. The van der Waals surface area contributed by atoms with Gasteiger partial charge in [-0.15, -0.1) is 4.91 Å². The number of carboxylic acid groups (broad SMARTS) is 1. The lowest BCUT2D eigenvalue weighted by atomic mass is 10.2. The smallest absolute Gasteiger partial charge is 0.335 e. The van der Waals surface area contributed by atoms with Crippen molar-refractivity contribution in [1.82, 2.24) is 0 Å². The van der Waals surface area contributed by atoms with E-state index >= 15 is 0 Å². The molecular formula is C14H12N2O3. The fraction of sp³-hybridized carbons (Fsp3) is 0.0714. The van der Waals surface area contributed by atoms with E-state index in [9.17, 15) is 9.70 Å². The van der Waals surface area contributed by atoms with Crippen LogP contribution in [0.15, 0.2) is 53.8 Å². The second kappa shape index (κ2) is 5.30. The molecule has 0 saturated carbocycles. The van der Waals surface area contributed by atoms with Gasteiger partial charge in [-0.2, -0.15) is 5.01 Å². The van der Waals surface area contributed by atoms with Crippen LogP contribution in [0.3, 0.4) is 0 Å². The highest BCUT2D eigenvalue weighted by molar-refractivity contribution is 5.88. The molecule has 0 bridgehead atoms. The van der Waals surface area contributed by atoms with Crippen LogP contribution in [-0.4, -0.2) is 11.1 Å². The number of hydrogen-bond donors (Lipinski definition) is 1. The van der Waals surface area contributed by atoms with Gasteiger partial charge in [0.1, 0.15) is 0 Å². The van der Waals surface area contributed by atoms with Gasteiger partial charge in [0.05, 0.1) is 22.2 Å². The molecule has 0 spiro atoms. The van der Waals surface area contributed by atoms with Crippen LogP contribution in [-0.2, 0) is 0 Å². The summed E-state index contributed by atoms with van der Waals surface area (Å²) in [6.45, 7) is 1.92. The third kappa shape index (κ3) is 2.77. The first-order valence-corrected chi connectivity index (χ1v) is 5.65. The second-order valence-corrected chi connectivity index (χ2v) is 4.08. The Bertz CT molecular complexity index is 608. The number of rotatable bonds is 4. The molecule has 5 heteroatoms. The number of nitrogens with zero attached hydrogens (tertiary/aromatic N) is 2. The van der Waals surface area contributed by atoms with Crippen LogP contribution in [0.25, 0.3) is 0 Å². The Kier molecular flexibility index (Phi) is 3.56. The van der Waals surface area contributed by atoms with Gasteiger partial charge in [-0.1, -0.05) is 12.1 Å². The molecule has 1 N–H and O–H groups in total. The van der Waals surface area contributed by atoms with Crippen molar-refractivity contribution in [2.75, 3.05) is 5.01 Å². The zero-order chi connectivity index (χ0) is 13.8. The number of aryl methyl sites for hydroxylation is 1. The minimum Gasteiger partial charge on any atom is -0.478 e. The number of carboxylic acids is 1. The monoisotopic (exact) mass is 256 g/mol. The lowest BCUT2D eigenvalue weighted by Crippen LogP contribution is -2.08. The van der Waals surface area contributed by atoms with Gasteiger partial charge in [-0.3, -0.25) is 0 Å². The SMILES string of the molecule is Cc1cccc(N(N=O)c2ccc(C(=O)O)cc2)c1. The van der Waals surface area contributed by atoms with Gasteiger partial charge in [0.15, 0.2) is 0 Å². The molecule has 0 unspecified atom stereocenters. The van der Waals surface area contributed by atoms with E-state index in [-0.39, 0.29) is 5.56 Å². The molecular weight excluding hydrogens is 244 g/mol. The summed E-state index contributed by atoms with van der Waals surface area (Å²) >= 11 is 0. The molecule has 0 aliphatic carbocycles. The Morgan fingerprint density at radius 2 is 1.79 bits per heavy atom. The maximum absolute atomic E-state index is 11.0. The number of hydrogen-bond acceptors (Lipinski definition) is 3. The first-order chi connectivity index (χ1) is 9.11. The van der Waals surface area contributed by atoms with Crippen molar-refractivity contribution in [2.45, 2.75) is 6.92 Å². The normalized spacial score (nSPS) is 9.95. The van der Waals surface area contributed by atoms with Crippen LogP contribution in [0.1, 0.15) is 15.9 Å². The Balaban J connectivity index is 2.37. The van der Waals surface area contributed by atoms with Gasteiger partial charge >= 0.3 is 5.97 Å². The highest BCUT2D eigenvalue weighted by Crippen LogP contribution is 2.26. The molecule has 0 amide bonds. The molecule has 0 fully saturated rings. The summed E-state index contributed by atoms with van der Waals surface area (Å²) in [6, 6.07) is 13.3. The van der Waals surface area contributed by atoms with Crippen LogP contribution in [0, 0.1) is 11.8 Å². The van der Waals surface area contributed by atoms with Gasteiger partial charge in [0.25, 0.3) is 0 Å². The molecule has 96 valence electrons. The molecule has 19 heavy (non-hydrogen) atoms. The van der Waals surface area contributed by atoms with Crippen molar-refractivity contribution in [2.24, 2.45) is 5.29 Å². The minimum atomic E-state index is -1.01. The Hall–Kier alpha value is -2.69. The molecule has 5 nitrogen and oxygen atoms in total. The largest absolute Gasteiger partial charge is 0.478 e. The van der Waals surface area contributed by atoms with Crippen LogP contribution in [0.4, 0.5) is 11.4 Å². The van der Waals surface area contributed by atoms with E-state index in [1.165, 1.54) is 17.1 Å². The van der Waals surface area contributed by atoms with E-state index in [2.05, 4.69) is 5.29 Å². The Morgan fingerprint density at radius 1 is 1.11 bits per heavy atom. The molecule has 0 aliphatic heterocycles. The highest BCUT2D eigenvalue weighted by Gasteiger charge is 2.11. The van der Waals surface area contributed by atoms with Gasteiger partial charge in [0, 0.05) is 0 Å². The molecule has 0 aliphatic rings. The average Bonchev–Trinajstić information content (AvgIpc) is 2.40. The second-order valence-electron chi connectivity index (χ2n) is 4.08. The van der Waals surface area contributed by atoms with Crippen LogP contribution < -0.4 is 5.01 Å². The van der Waals surface area contributed by atoms with E-state index < -0.39 is 5.97 Å². The highest BCUT2D eigenvalue weighted by atomic mass is 16.4. The van der Waals surface area contributed by atoms with Crippen molar-refractivity contribution in [3.8, 4) is 0 Å². The Morgan fingerprint density at radius 3 is 2.32 bits per heavy atom. The Labute approximate surface area is 110 Å². The van der Waals surface area contributed by atoms with Crippen molar-refractivity contribution < 1.29 is 9.90 Å². The molecule has 2 aromatic carbocycles. The zero-order valence-corrected chi connectivity index (χ0v) is 10.3. The van der Waals surface area contributed by atoms with Crippen molar-refractivity contribution >= 4 is 17.3 Å². The summed E-state index contributed by atoms with van der Waals surface area (Å²) in [6.07, 6.45) is 0. The summed E-state index contributed by atoms with van der Waals surface area (Å²) in [4.78, 5) is 21.8. The average molecular weight is 256 g/mol. The first kappa shape index (κ1) is 12.8. The molecule has 0 radical (unpaired) electrons. The van der Waals surface area contributed by atoms with Crippen LogP contribution in [0.5, 0.6) is 0 Å². The maximum Gasteiger partial charge on any atom is 0.335 e. The van der Waals surface area contributed by atoms with E-state index in [0.29, 0.717) is 11.4 Å². The molecule has 0 saturated heterocycles. The van der Waals surface area contributed by atoms with E-state index in [1.807, 2.05) is 25.1 Å². The number of anilines is 2. The number of nitroso groups, excluding NO2 is 1.